The van der Waals surface area contributed by atoms with Crippen molar-refractivity contribution in [1.29, 1.82) is 0 Å². The van der Waals surface area contributed by atoms with E-state index in [0.29, 0.717) is 12.1 Å². The number of aromatic nitrogens is 1. The van der Waals surface area contributed by atoms with Gasteiger partial charge in [-0.15, -0.1) is 0 Å². The van der Waals surface area contributed by atoms with Gasteiger partial charge >= 0.3 is 0 Å². The van der Waals surface area contributed by atoms with Gasteiger partial charge in [0, 0.05) is 48.5 Å². The number of fused-ring (bicyclic) bond motifs is 2. The van der Waals surface area contributed by atoms with Crippen molar-refractivity contribution >= 4 is 39.8 Å². The van der Waals surface area contributed by atoms with Crippen molar-refractivity contribution in [2.75, 3.05) is 30.3 Å². The first-order valence-electron chi connectivity index (χ1n) is 15.1. The van der Waals surface area contributed by atoms with Gasteiger partial charge in [0.05, 0.1) is 16.8 Å². The Balaban J connectivity index is 1.03. The number of amides is 2. The van der Waals surface area contributed by atoms with Crippen LogP contribution in [0.25, 0.3) is 10.9 Å². The van der Waals surface area contributed by atoms with E-state index in [-0.39, 0.29) is 24.8 Å². The number of aryl methyl sites for hydroxylation is 2. The number of pyridine rings is 1. The Morgan fingerprint density at radius 2 is 1.55 bits per heavy atom. The maximum absolute atomic E-state index is 12.9. The van der Waals surface area contributed by atoms with E-state index in [1.807, 2.05) is 36.4 Å². The van der Waals surface area contributed by atoms with Crippen LogP contribution in [0.1, 0.15) is 64.8 Å². The van der Waals surface area contributed by atoms with Crippen LogP contribution in [-0.2, 0) is 17.6 Å². The number of para-hydroxylation sites is 2. The monoisotopic (exact) mass is 563 g/mol. The van der Waals surface area contributed by atoms with E-state index in [4.69, 9.17) is 4.98 Å². The molecule has 0 spiro atoms. The molecule has 0 unspecified atom stereocenters. The van der Waals surface area contributed by atoms with Crippen LogP contribution in [0.5, 0.6) is 0 Å². The first-order chi connectivity index (χ1) is 20.5. The number of benzene rings is 3. The molecule has 0 radical (unpaired) electrons. The first-order valence-corrected chi connectivity index (χ1v) is 15.1. The smallest absolute Gasteiger partial charge is 0.253 e. The molecule has 0 saturated carbocycles. The van der Waals surface area contributed by atoms with E-state index in [0.717, 1.165) is 54.7 Å². The van der Waals surface area contributed by atoms with Crippen LogP contribution in [0.2, 0.25) is 0 Å². The van der Waals surface area contributed by atoms with E-state index < -0.39 is 0 Å². The van der Waals surface area contributed by atoms with Gasteiger partial charge in [0.1, 0.15) is 0 Å². The summed E-state index contributed by atoms with van der Waals surface area (Å²) in [5.74, 6) is -0.257. The number of unbranched alkanes of at least 4 members (excludes halogenated alkanes) is 1. The molecule has 7 nitrogen and oxygen atoms in total. The Hall–Kier alpha value is -4.39. The molecule has 0 bridgehead atoms. The molecule has 0 saturated heterocycles. The van der Waals surface area contributed by atoms with Crippen LogP contribution < -0.4 is 21.3 Å². The molecule has 42 heavy (non-hydrogen) atoms. The Bertz CT molecular complexity index is 1560. The zero-order chi connectivity index (χ0) is 29.3. The van der Waals surface area contributed by atoms with E-state index in [2.05, 4.69) is 59.4 Å². The highest BCUT2D eigenvalue weighted by molar-refractivity contribution is 6.00. The molecule has 4 N–H and O–H groups in total. The van der Waals surface area contributed by atoms with Crippen LogP contribution in [0, 0.1) is 13.8 Å². The number of carbonyl (C=O) groups is 2. The van der Waals surface area contributed by atoms with Gasteiger partial charge < -0.3 is 21.3 Å². The van der Waals surface area contributed by atoms with Crippen molar-refractivity contribution in [3.8, 4) is 0 Å². The lowest BCUT2D eigenvalue weighted by atomic mass is 9.92. The predicted molar refractivity (Wildman–Crippen MR) is 172 cm³/mol. The van der Waals surface area contributed by atoms with Gasteiger partial charge in [-0.25, -0.2) is 0 Å². The van der Waals surface area contributed by atoms with Gasteiger partial charge in [-0.2, -0.15) is 0 Å². The SMILES string of the molecule is Cc1cccc(Nc2ccccc2C(=O)NCCC(=O)NCCCCNc2c3c(nc4ccccc24)CCCC3)c1C. The Labute approximate surface area is 248 Å². The molecule has 218 valence electrons. The normalized spacial score (nSPS) is 12.4. The number of anilines is 3. The van der Waals surface area contributed by atoms with Crippen LogP contribution in [0.15, 0.2) is 66.7 Å². The molecule has 1 aliphatic carbocycles. The molecule has 3 aromatic carbocycles. The fourth-order valence-corrected chi connectivity index (χ4v) is 5.56. The molecule has 0 fully saturated rings. The van der Waals surface area contributed by atoms with Gasteiger partial charge in [0.25, 0.3) is 5.91 Å². The van der Waals surface area contributed by atoms with Gasteiger partial charge in [-0.3, -0.25) is 14.6 Å². The number of nitrogens with zero attached hydrogens (tertiary/aromatic N) is 1. The predicted octanol–water partition coefficient (Wildman–Crippen LogP) is 6.60. The molecule has 0 atom stereocenters. The van der Waals surface area contributed by atoms with Crippen molar-refractivity contribution < 1.29 is 9.59 Å². The Kier molecular flexibility index (Phi) is 9.70. The van der Waals surface area contributed by atoms with Gasteiger partial charge in [-0.05, 0) is 93.3 Å². The number of nitrogens with one attached hydrogen (secondary N) is 4. The summed E-state index contributed by atoms with van der Waals surface area (Å²) in [5.41, 5.74) is 9.49. The van der Waals surface area contributed by atoms with Crippen molar-refractivity contribution in [3.05, 3.63) is 94.7 Å². The van der Waals surface area contributed by atoms with Crippen LogP contribution in [0.4, 0.5) is 17.1 Å². The van der Waals surface area contributed by atoms with Crippen LogP contribution >= 0.6 is 0 Å². The zero-order valence-electron chi connectivity index (χ0n) is 24.7. The Morgan fingerprint density at radius 1 is 0.786 bits per heavy atom. The highest BCUT2D eigenvalue weighted by atomic mass is 16.2. The minimum atomic E-state index is -0.201. The second-order valence-corrected chi connectivity index (χ2v) is 11.0. The topological polar surface area (TPSA) is 95.2 Å². The lowest BCUT2D eigenvalue weighted by molar-refractivity contribution is -0.120. The molecule has 1 heterocycles. The second-order valence-electron chi connectivity index (χ2n) is 11.0. The summed E-state index contributed by atoms with van der Waals surface area (Å²) in [4.78, 5) is 30.2. The third-order valence-electron chi connectivity index (χ3n) is 8.08. The molecule has 7 heteroatoms. The molecular formula is C35H41N5O2. The molecule has 0 aliphatic heterocycles. The average Bonchev–Trinajstić information content (AvgIpc) is 3.00. The average molecular weight is 564 g/mol. The van der Waals surface area contributed by atoms with Crippen molar-refractivity contribution in [2.24, 2.45) is 0 Å². The third-order valence-corrected chi connectivity index (χ3v) is 8.08. The summed E-state index contributed by atoms with van der Waals surface area (Å²) in [7, 11) is 0. The fourth-order valence-electron chi connectivity index (χ4n) is 5.56. The summed E-state index contributed by atoms with van der Waals surface area (Å²) in [6.45, 7) is 5.88. The largest absolute Gasteiger partial charge is 0.384 e. The standard InChI is InChI=1S/C35H41N5O2/c1-24-12-11-19-29(25(24)2)39-32-18-8-5-15-28(32)35(42)38-23-20-33(41)36-21-9-10-22-37-34-26-13-3-6-16-30(26)40-31-17-7-4-14-27(31)34/h3,5-6,8,11-13,15-16,18-19,39H,4,7,9-10,14,17,20-23H2,1-2H3,(H,36,41)(H,37,40)(H,38,42). The molecular weight excluding hydrogens is 522 g/mol. The highest BCUT2D eigenvalue weighted by Gasteiger charge is 2.18. The van der Waals surface area contributed by atoms with Gasteiger partial charge in [-0.1, -0.05) is 42.5 Å². The van der Waals surface area contributed by atoms with Crippen LogP contribution in [-0.4, -0.2) is 36.4 Å². The van der Waals surface area contributed by atoms with Gasteiger partial charge in [0.2, 0.25) is 5.91 Å². The summed E-state index contributed by atoms with van der Waals surface area (Å²) >= 11 is 0. The summed E-state index contributed by atoms with van der Waals surface area (Å²) in [6.07, 6.45) is 6.63. The summed E-state index contributed by atoms with van der Waals surface area (Å²) in [5, 5.41) is 14.2. The lowest BCUT2D eigenvalue weighted by Crippen LogP contribution is -2.31. The lowest BCUT2D eigenvalue weighted by Gasteiger charge is -2.21. The number of hydrogen-bond acceptors (Lipinski definition) is 5. The van der Waals surface area contributed by atoms with Crippen LogP contribution in [0.3, 0.4) is 0 Å². The van der Waals surface area contributed by atoms with Crippen molar-refractivity contribution in [1.82, 2.24) is 15.6 Å². The number of hydrogen-bond donors (Lipinski definition) is 4. The quantitative estimate of drug-likeness (QED) is 0.146. The zero-order valence-corrected chi connectivity index (χ0v) is 24.7. The van der Waals surface area contributed by atoms with E-state index in [9.17, 15) is 9.59 Å². The number of carbonyl (C=O) groups excluding carboxylic acids is 2. The number of rotatable bonds is 12. The van der Waals surface area contributed by atoms with E-state index in [1.165, 1.54) is 40.7 Å². The van der Waals surface area contributed by atoms with Crippen molar-refractivity contribution in [3.63, 3.8) is 0 Å². The fraction of sp³-hybridized carbons (Fsp3) is 0.343. The molecule has 5 rings (SSSR count). The van der Waals surface area contributed by atoms with Gasteiger partial charge in [0.15, 0.2) is 0 Å². The molecule has 2 amide bonds. The minimum absolute atomic E-state index is 0.0562. The maximum Gasteiger partial charge on any atom is 0.253 e. The first kappa shape index (κ1) is 29.1. The second kappa shape index (κ2) is 14.0. The summed E-state index contributed by atoms with van der Waals surface area (Å²) < 4.78 is 0. The molecule has 1 aliphatic rings. The maximum atomic E-state index is 12.9. The third kappa shape index (κ3) is 7.08. The summed E-state index contributed by atoms with van der Waals surface area (Å²) in [6, 6.07) is 21.9. The van der Waals surface area contributed by atoms with Crippen molar-refractivity contribution in [2.45, 2.75) is 58.8 Å². The highest BCUT2D eigenvalue weighted by Crippen LogP contribution is 2.33. The van der Waals surface area contributed by atoms with E-state index >= 15 is 0 Å². The molecule has 1 aromatic heterocycles. The minimum Gasteiger partial charge on any atom is -0.384 e. The molecule has 4 aromatic rings. The van der Waals surface area contributed by atoms with E-state index in [1.54, 1.807) is 6.07 Å². The Morgan fingerprint density at radius 3 is 2.45 bits per heavy atom.